The fourth-order valence-corrected chi connectivity index (χ4v) is 13.5. The molecule has 0 bridgehead atoms. The quantitative estimate of drug-likeness (QED) is 0.0144. The van der Waals surface area contributed by atoms with Gasteiger partial charge in [0.15, 0.2) is 23.7 Å². The van der Waals surface area contributed by atoms with Gasteiger partial charge in [-0.15, -0.1) is 0 Å². The number of ether oxygens (including phenoxy) is 4. The van der Waals surface area contributed by atoms with Gasteiger partial charge in [-0.05, 0) is 210 Å². The molecule has 6 aromatic rings. The molecule has 14 nitrogen and oxygen atoms in total. The summed E-state index contributed by atoms with van der Waals surface area (Å²) in [6.07, 6.45) is 23.9. The Balaban J connectivity index is 0.716. The smallest absolute Gasteiger partial charge is 0.311 e. The second-order valence-electron chi connectivity index (χ2n) is 25.6. The molecule has 0 saturated heterocycles. The van der Waals surface area contributed by atoms with E-state index in [1.807, 2.05) is 170 Å². The number of carbonyl (C=O) groups excluding carboxylic acids is 4. The molecular formula is C84H90N4O10. The summed E-state index contributed by atoms with van der Waals surface area (Å²) in [5.74, 6) is 0.476. The first-order valence-electron chi connectivity index (χ1n) is 34.6. The van der Waals surface area contributed by atoms with Crippen LogP contribution in [0.3, 0.4) is 0 Å². The van der Waals surface area contributed by atoms with Crippen molar-refractivity contribution < 1.29 is 57.5 Å². The van der Waals surface area contributed by atoms with Gasteiger partial charge in [0.25, 0.3) is 0 Å². The molecule has 4 unspecified atom stereocenters. The van der Waals surface area contributed by atoms with Crippen molar-refractivity contribution in [2.24, 2.45) is 0 Å². The Kier molecular flexibility index (Phi) is 23.4. The zero-order valence-electron chi connectivity index (χ0n) is 58.1. The van der Waals surface area contributed by atoms with E-state index in [-0.39, 0.29) is 82.4 Å². The Morgan fingerprint density at radius 3 is 0.980 bits per heavy atom. The Morgan fingerprint density at radius 2 is 0.694 bits per heavy atom. The average Bonchev–Trinajstić information content (AvgIpc) is 0.751. The molecule has 0 spiro atoms. The summed E-state index contributed by atoms with van der Waals surface area (Å²) in [4.78, 5) is 58.2. The summed E-state index contributed by atoms with van der Waals surface area (Å²) in [5.41, 5.74) is 10.6. The highest BCUT2D eigenvalue weighted by Crippen LogP contribution is 2.42. The van der Waals surface area contributed by atoms with Crippen molar-refractivity contribution >= 4 is 80.2 Å². The number of nitrogens with zero attached hydrogens (tertiary/aromatic N) is 4. The lowest BCUT2D eigenvalue weighted by molar-refractivity contribution is -0.480. The highest BCUT2D eigenvalue weighted by Gasteiger charge is 2.34. The Morgan fingerprint density at radius 1 is 0.398 bits per heavy atom. The second-order valence-corrected chi connectivity index (χ2v) is 25.6. The van der Waals surface area contributed by atoms with Crippen LogP contribution < -0.4 is 39.0 Å². The van der Waals surface area contributed by atoms with Gasteiger partial charge >= 0.3 is 11.9 Å². The summed E-state index contributed by atoms with van der Waals surface area (Å²) >= 11 is 0. The molecule has 0 N–H and O–H groups in total. The van der Waals surface area contributed by atoms with Crippen LogP contribution in [0.25, 0.3) is 11.1 Å². The van der Waals surface area contributed by atoms with Crippen LogP contribution in [0, 0.1) is 0 Å². The molecule has 506 valence electrons. The number of methoxy groups -OCH3 is 2. The van der Waals surface area contributed by atoms with Crippen LogP contribution in [0.15, 0.2) is 228 Å². The van der Waals surface area contributed by atoms with Crippen LogP contribution in [0.5, 0.6) is 23.0 Å². The van der Waals surface area contributed by atoms with E-state index in [1.54, 1.807) is 38.5 Å². The minimum atomic E-state index is -0.409. The van der Waals surface area contributed by atoms with Crippen LogP contribution >= 0.6 is 0 Å². The summed E-state index contributed by atoms with van der Waals surface area (Å²) < 4.78 is 26.7. The highest BCUT2D eigenvalue weighted by atomic mass is 16.5. The maximum Gasteiger partial charge on any atom is 0.311 e. The number of benzene rings is 6. The monoisotopic (exact) mass is 1310 g/mol. The fraction of sp³-hybridized carbons (Fsp3) is 0.310. The van der Waals surface area contributed by atoms with Gasteiger partial charge in [0, 0.05) is 131 Å². The molecule has 0 aliphatic heterocycles. The van der Waals surface area contributed by atoms with Crippen molar-refractivity contribution in [2.45, 2.75) is 157 Å². The van der Waals surface area contributed by atoms with Crippen molar-refractivity contribution in [1.29, 1.82) is 0 Å². The van der Waals surface area contributed by atoms with Gasteiger partial charge in [0.1, 0.15) is 23.0 Å². The van der Waals surface area contributed by atoms with Gasteiger partial charge < -0.3 is 39.0 Å². The molecule has 6 aromatic carbocycles. The van der Waals surface area contributed by atoms with Gasteiger partial charge in [-0.2, -0.15) is 9.15 Å². The van der Waals surface area contributed by atoms with Gasteiger partial charge in [0.2, 0.25) is 22.8 Å². The average molecular weight is 1320 g/mol. The van der Waals surface area contributed by atoms with Crippen LogP contribution in [0.2, 0.25) is 0 Å². The Hall–Kier alpha value is -10.3. The van der Waals surface area contributed by atoms with Gasteiger partial charge in [-0.3, -0.25) is 19.2 Å². The molecule has 0 saturated carbocycles. The number of carbonyl (C=O) groups is 4. The number of anilines is 4. The van der Waals surface area contributed by atoms with Gasteiger partial charge in [-0.1, -0.05) is 76.3 Å². The number of ketones is 2. The van der Waals surface area contributed by atoms with E-state index in [2.05, 4.69) is 74.3 Å². The number of hydrogen-bond acceptors (Lipinski definition) is 12. The van der Waals surface area contributed by atoms with E-state index in [9.17, 15) is 29.4 Å². The normalized spacial score (nSPS) is 15.4. The van der Waals surface area contributed by atoms with Crippen LogP contribution in [-0.4, -0.2) is 82.5 Å². The van der Waals surface area contributed by atoms with E-state index in [1.165, 1.54) is 0 Å². The lowest BCUT2D eigenvalue weighted by atomic mass is 9.80. The summed E-state index contributed by atoms with van der Waals surface area (Å²) in [6.45, 7) is 17.3. The third kappa shape index (κ3) is 15.9. The zero-order chi connectivity index (χ0) is 69.6. The highest BCUT2D eigenvalue weighted by molar-refractivity contribution is 6.40. The Labute approximate surface area is 577 Å². The predicted molar refractivity (Wildman–Crippen MR) is 388 cm³/mol. The number of rotatable bonds is 29. The topological polar surface area (TPSA) is 164 Å². The Bertz CT molecular complexity index is 3930. The van der Waals surface area contributed by atoms with Crippen LogP contribution in [-0.2, 0) is 19.2 Å². The molecule has 98 heavy (non-hydrogen) atoms. The minimum absolute atomic E-state index is 0.0933. The maximum atomic E-state index is 13.8. The van der Waals surface area contributed by atoms with Crippen LogP contribution in [0.1, 0.15) is 144 Å². The summed E-state index contributed by atoms with van der Waals surface area (Å²) in [5, 5.41) is 27.5. The molecular weight excluding hydrogens is 1220 g/mol. The van der Waals surface area contributed by atoms with Crippen molar-refractivity contribution in [3.05, 3.63) is 239 Å². The molecule has 0 fully saturated rings. The first kappa shape index (κ1) is 70.5. The molecule has 0 radical (unpaired) electrons. The number of esters is 2. The number of hydrogen-bond donors (Lipinski definition) is 0. The number of allylic oxidation sites excluding steroid dienone is 14. The van der Waals surface area contributed by atoms with Crippen molar-refractivity contribution in [3.8, 4) is 23.0 Å². The third-order valence-electron chi connectivity index (χ3n) is 18.5. The molecule has 4 aliphatic rings. The minimum Gasteiger partial charge on any atom is -0.871 e. The largest absolute Gasteiger partial charge is 0.871 e. The molecule has 14 heteroatoms. The maximum absolute atomic E-state index is 13.8. The van der Waals surface area contributed by atoms with E-state index in [0.29, 0.717) is 46.6 Å². The fourth-order valence-electron chi connectivity index (χ4n) is 13.5. The van der Waals surface area contributed by atoms with Gasteiger partial charge in [0.05, 0.1) is 14.2 Å². The summed E-state index contributed by atoms with van der Waals surface area (Å²) in [7, 11) is 3.30. The zero-order valence-corrected chi connectivity index (χ0v) is 58.1. The lowest BCUT2D eigenvalue weighted by Gasteiger charge is -2.34. The second kappa shape index (κ2) is 32.6. The third-order valence-corrected chi connectivity index (χ3v) is 18.5. The van der Waals surface area contributed by atoms with Crippen molar-refractivity contribution in [2.75, 3.05) is 24.0 Å². The van der Waals surface area contributed by atoms with E-state index < -0.39 is 11.9 Å². The van der Waals surface area contributed by atoms with Crippen molar-refractivity contribution in [3.63, 3.8) is 0 Å². The van der Waals surface area contributed by atoms with E-state index in [4.69, 9.17) is 18.9 Å². The van der Waals surface area contributed by atoms with Crippen molar-refractivity contribution in [1.82, 2.24) is 0 Å². The molecule has 0 aromatic heterocycles. The van der Waals surface area contributed by atoms with E-state index >= 15 is 0 Å². The molecule has 4 atom stereocenters. The predicted octanol–water partition coefficient (Wildman–Crippen LogP) is 16.5. The van der Waals surface area contributed by atoms with Crippen LogP contribution in [0.4, 0.5) is 34.1 Å². The first-order valence-corrected chi connectivity index (χ1v) is 34.6. The molecule has 4 aliphatic carbocycles. The SMILES string of the molecule is CCCC(C)N(c1ccc(OC)cc1)c1ccc(C2=C([O-])C(=C3C=CC(=[N+](c4ccc(OC(=O)CCCCC(=O)Oc5ccc([N+](=C6C=CC(=C7C(=O)C(c8ccc(N(c9ccc(OC)cc9)C(C)CCC)cc8)=C7[O-])C=C6)C(C)CCC)cc5)cc4)C(C)CCC)C=C3)C2=O)cc1. The lowest BCUT2D eigenvalue weighted by Crippen LogP contribution is -2.31. The number of Topliss-reactive ketones (excluding diaryl/α,β-unsaturated/α-hetero) is 2. The standard InChI is InChI=1S/C84H90N4O10/c1-11-17-55(5)85(67-39-47-71(95-9)48-40-67)63-31-23-59(24-32-63)77-81(91)79(82(77)92)61-27-35-65(36-28-61)87(57(7)19-13-3)69-43-51-73(52-44-69)97-75(89)21-15-16-22-76(90)98-74-53-45-70(46-54-74)88(58(8)20-14-4)66-37-29-62(30-38-66)80-83(93)78(84(80)94)60-25-33-64(34-26-60)86(56(6)18-12-2)68-41-49-72(96-10)50-42-68/h23-58H,11-22H2,1-10H3. The molecule has 10 rings (SSSR count). The first-order chi connectivity index (χ1) is 47.5. The molecule has 0 heterocycles. The molecule has 0 amide bonds. The van der Waals surface area contributed by atoms with Gasteiger partial charge in [-0.25, -0.2) is 0 Å². The van der Waals surface area contributed by atoms with E-state index in [0.717, 1.165) is 108 Å². The summed E-state index contributed by atoms with van der Waals surface area (Å²) in [6, 6.07) is 46.6. The number of unbranched alkanes of at least 4 members (excludes halogenated alkanes) is 1.